The highest BCUT2D eigenvalue weighted by Gasteiger charge is 2.11. The van der Waals surface area contributed by atoms with Gasteiger partial charge in [0, 0.05) is 19.5 Å². The monoisotopic (exact) mass is 379 g/mol. The lowest BCUT2D eigenvalue weighted by Crippen LogP contribution is -2.28. The Balaban J connectivity index is 1.61. The van der Waals surface area contributed by atoms with Crippen molar-refractivity contribution in [3.05, 3.63) is 66.5 Å². The SMILES string of the molecule is C=CCn1c(CCNC(=O)Cc2ccc(OC)c(OC)c2)nc2ccccc21. The van der Waals surface area contributed by atoms with Crippen molar-refractivity contribution in [2.45, 2.75) is 19.4 Å². The quantitative estimate of drug-likeness (QED) is 0.580. The molecular weight excluding hydrogens is 354 g/mol. The molecule has 1 amide bonds. The minimum Gasteiger partial charge on any atom is -0.493 e. The van der Waals surface area contributed by atoms with Crippen molar-refractivity contribution in [3.63, 3.8) is 0 Å². The Morgan fingerprint density at radius 2 is 1.96 bits per heavy atom. The van der Waals surface area contributed by atoms with Crippen LogP contribution in [0.5, 0.6) is 11.5 Å². The topological polar surface area (TPSA) is 65.4 Å². The number of aromatic nitrogens is 2. The average Bonchev–Trinajstić information content (AvgIpc) is 3.05. The number of hydrogen-bond donors (Lipinski definition) is 1. The summed E-state index contributed by atoms with van der Waals surface area (Å²) in [7, 11) is 3.17. The lowest BCUT2D eigenvalue weighted by atomic mass is 10.1. The van der Waals surface area contributed by atoms with Crippen LogP contribution in [0.25, 0.3) is 11.0 Å². The van der Waals surface area contributed by atoms with Gasteiger partial charge in [0.05, 0.1) is 31.7 Å². The van der Waals surface area contributed by atoms with Gasteiger partial charge in [0.15, 0.2) is 11.5 Å². The highest BCUT2D eigenvalue weighted by molar-refractivity contribution is 5.79. The molecule has 1 heterocycles. The van der Waals surface area contributed by atoms with E-state index in [2.05, 4.69) is 21.4 Å². The lowest BCUT2D eigenvalue weighted by molar-refractivity contribution is -0.120. The Kier molecular flexibility index (Phi) is 6.32. The van der Waals surface area contributed by atoms with Crippen molar-refractivity contribution in [2.24, 2.45) is 0 Å². The van der Waals surface area contributed by atoms with E-state index >= 15 is 0 Å². The second-order valence-electron chi connectivity index (χ2n) is 6.38. The van der Waals surface area contributed by atoms with Crippen LogP contribution in [0.15, 0.2) is 55.1 Å². The number of imidazole rings is 1. The normalized spacial score (nSPS) is 10.6. The third-order valence-corrected chi connectivity index (χ3v) is 4.53. The average molecular weight is 379 g/mol. The largest absolute Gasteiger partial charge is 0.493 e. The highest BCUT2D eigenvalue weighted by Crippen LogP contribution is 2.27. The maximum absolute atomic E-state index is 12.3. The Morgan fingerprint density at radius 3 is 2.71 bits per heavy atom. The first-order valence-corrected chi connectivity index (χ1v) is 9.19. The standard InChI is InChI=1S/C22H25N3O3/c1-4-13-25-18-8-6-5-7-17(18)24-21(25)11-12-23-22(26)15-16-9-10-19(27-2)20(14-16)28-3/h4-10,14H,1,11-13,15H2,2-3H3,(H,23,26). The van der Waals surface area contributed by atoms with Gasteiger partial charge in [-0.1, -0.05) is 24.3 Å². The van der Waals surface area contributed by atoms with Crippen LogP contribution in [0.4, 0.5) is 0 Å². The minimum atomic E-state index is -0.0430. The Bertz CT molecular complexity index is 978. The summed E-state index contributed by atoms with van der Waals surface area (Å²) in [6.45, 7) is 5.04. The molecule has 0 bridgehead atoms. The number of methoxy groups -OCH3 is 2. The number of carbonyl (C=O) groups is 1. The summed E-state index contributed by atoms with van der Waals surface area (Å²) in [6.07, 6.45) is 2.79. The van der Waals surface area contributed by atoms with E-state index in [0.717, 1.165) is 22.4 Å². The van der Waals surface area contributed by atoms with Crippen LogP contribution in [0.2, 0.25) is 0 Å². The van der Waals surface area contributed by atoms with E-state index < -0.39 is 0 Å². The van der Waals surface area contributed by atoms with Gasteiger partial charge in [0.2, 0.25) is 5.91 Å². The van der Waals surface area contributed by atoms with E-state index in [-0.39, 0.29) is 12.3 Å². The lowest BCUT2D eigenvalue weighted by Gasteiger charge is -2.10. The molecule has 0 saturated carbocycles. The zero-order valence-electron chi connectivity index (χ0n) is 16.3. The third kappa shape index (κ3) is 4.34. The molecule has 1 N–H and O–H groups in total. The predicted molar refractivity (Wildman–Crippen MR) is 110 cm³/mol. The van der Waals surface area contributed by atoms with Crippen LogP contribution in [-0.4, -0.2) is 36.2 Å². The molecule has 0 spiro atoms. The van der Waals surface area contributed by atoms with Crippen LogP contribution in [0.1, 0.15) is 11.4 Å². The molecule has 1 aromatic heterocycles. The summed E-state index contributed by atoms with van der Waals surface area (Å²) in [5.41, 5.74) is 2.90. The maximum atomic E-state index is 12.3. The molecular formula is C22H25N3O3. The molecule has 6 nitrogen and oxygen atoms in total. The van der Waals surface area contributed by atoms with E-state index in [1.807, 2.05) is 42.5 Å². The van der Waals surface area contributed by atoms with Gasteiger partial charge < -0.3 is 19.4 Å². The highest BCUT2D eigenvalue weighted by atomic mass is 16.5. The van der Waals surface area contributed by atoms with Gasteiger partial charge in [-0.3, -0.25) is 4.79 Å². The van der Waals surface area contributed by atoms with Gasteiger partial charge in [0.25, 0.3) is 0 Å². The Hall–Kier alpha value is -3.28. The number of ether oxygens (including phenoxy) is 2. The number of para-hydroxylation sites is 2. The first-order chi connectivity index (χ1) is 13.7. The fraction of sp³-hybridized carbons (Fsp3) is 0.273. The molecule has 0 aliphatic carbocycles. The molecule has 6 heteroatoms. The molecule has 0 aliphatic heterocycles. The molecule has 0 saturated heterocycles. The van der Waals surface area contributed by atoms with Crippen LogP contribution in [0.3, 0.4) is 0 Å². The molecule has 0 aliphatic rings. The number of nitrogens with zero attached hydrogens (tertiary/aromatic N) is 2. The van der Waals surface area contributed by atoms with Crippen molar-refractivity contribution < 1.29 is 14.3 Å². The number of rotatable bonds is 9. The van der Waals surface area contributed by atoms with Crippen molar-refractivity contribution in [3.8, 4) is 11.5 Å². The first kappa shape index (κ1) is 19.5. The molecule has 0 unspecified atom stereocenters. The summed E-state index contributed by atoms with van der Waals surface area (Å²) in [6, 6.07) is 13.5. The van der Waals surface area contributed by atoms with Crippen molar-refractivity contribution in [1.29, 1.82) is 0 Å². The maximum Gasteiger partial charge on any atom is 0.224 e. The van der Waals surface area contributed by atoms with E-state index in [1.165, 1.54) is 0 Å². The Morgan fingerprint density at radius 1 is 1.18 bits per heavy atom. The molecule has 3 aromatic rings. The predicted octanol–water partition coefficient (Wildman–Crippen LogP) is 3.14. The molecule has 146 valence electrons. The van der Waals surface area contributed by atoms with Crippen LogP contribution in [-0.2, 0) is 24.2 Å². The number of amides is 1. The van der Waals surface area contributed by atoms with E-state index in [9.17, 15) is 4.79 Å². The van der Waals surface area contributed by atoms with Gasteiger partial charge in [-0.15, -0.1) is 6.58 Å². The number of benzene rings is 2. The summed E-state index contributed by atoms with van der Waals surface area (Å²) >= 11 is 0. The second kappa shape index (κ2) is 9.08. The van der Waals surface area contributed by atoms with Crippen LogP contribution >= 0.6 is 0 Å². The van der Waals surface area contributed by atoms with Gasteiger partial charge in [-0.2, -0.15) is 0 Å². The summed E-state index contributed by atoms with van der Waals surface area (Å²) in [4.78, 5) is 17.0. The van der Waals surface area contributed by atoms with E-state index in [1.54, 1.807) is 20.3 Å². The van der Waals surface area contributed by atoms with E-state index in [4.69, 9.17) is 9.47 Å². The number of fused-ring (bicyclic) bond motifs is 1. The molecule has 0 atom stereocenters. The zero-order valence-corrected chi connectivity index (χ0v) is 16.3. The van der Waals surface area contributed by atoms with Crippen molar-refractivity contribution in [2.75, 3.05) is 20.8 Å². The first-order valence-electron chi connectivity index (χ1n) is 9.19. The number of allylic oxidation sites excluding steroid dienone is 1. The van der Waals surface area contributed by atoms with E-state index in [0.29, 0.717) is 31.0 Å². The van der Waals surface area contributed by atoms with Gasteiger partial charge in [0.1, 0.15) is 5.82 Å². The molecule has 3 rings (SSSR count). The molecule has 2 aromatic carbocycles. The molecule has 0 fully saturated rings. The van der Waals surface area contributed by atoms with Gasteiger partial charge in [-0.25, -0.2) is 4.98 Å². The van der Waals surface area contributed by atoms with Crippen LogP contribution < -0.4 is 14.8 Å². The summed E-state index contributed by atoms with van der Waals surface area (Å²) in [5.74, 6) is 2.16. The fourth-order valence-electron chi connectivity index (χ4n) is 3.20. The number of carbonyl (C=O) groups excluding carboxylic acids is 1. The zero-order chi connectivity index (χ0) is 19.9. The number of hydrogen-bond acceptors (Lipinski definition) is 4. The fourth-order valence-corrected chi connectivity index (χ4v) is 3.20. The van der Waals surface area contributed by atoms with Gasteiger partial charge >= 0.3 is 0 Å². The van der Waals surface area contributed by atoms with Crippen molar-refractivity contribution in [1.82, 2.24) is 14.9 Å². The van der Waals surface area contributed by atoms with Crippen molar-refractivity contribution >= 4 is 16.9 Å². The Labute approximate surface area is 164 Å². The molecule has 0 radical (unpaired) electrons. The minimum absolute atomic E-state index is 0.0430. The summed E-state index contributed by atoms with van der Waals surface area (Å²) in [5, 5.41) is 2.97. The van der Waals surface area contributed by atoms with Crippen LogP contribution in [0, 0.1) is 0 Å². The molecule has 28 heavy (non-hydrogen) atoms. The smallest absolute Gasteiger partial charge is 0.224 e. The third-order valence-electron chi connectivity index (χ3n) is 4.53. The number of nitrogens with one attached hydrogen (secondary N) is 1. The van der Waals surface area contributed by atoms with Gasteiger partial charge in [-0.05, 0) is 29.8 Å². The summed E-state index contributed by atoms with van der Waals surface area (Å²) < 4.78 is 12.6. The second-order valence-corrected chi connectivity index (χ2v) is 6.38.